The van der Waals surface area contributed by atoms with Crippen LogP contribution in [0.4, 0.5) is 0 Å². The molecule has 6 heteroatoms. The largest absolute Gasteiger partial charge is 0.493 e. The van der Waals surface area contributed by atoms with Crippen molar-refractivity contribution in [3.05, 3.63) is 64.2 Å². The second-order valence-electron chi connectivity index (χ2n) is 11.0. The van der Waals surface area contributed by atoms with Crippen molar-refractivity contribution in [2.75, 3.05) is 13.7 Å². The highest BCUT2D eigenvalue weighted by Gasteiger charge is 2.35. The lowest BCUT2D eigenvalue weighted by atomic mass is 9.82. The minimum atomic E-state index is -0.986. The van der Waals surface area contributed by atoms with Gasteiger partial charge in [-0.1, -0.05) is 24.3 Å². The van der Waals surface area contributed by atoms with Gasteiger partial charge >= 0.3 is 5.97 Å². The number of aryl methyl sites for hydroxylation is 2. The van der Waals surface area contributed by atoms with Crippen LogP contribution in [0.2, 0.25) is 0 Å². The van der Waals surface area contributed by atoms with Gasteiger partial charge in [0.25, 0.3) is 0 Å². The molecule has 38 heavy (non-hydrogen) atoms. The normalized spacial score (nSPS) is 14.3. The summed E-state index contributed by atoms with van der Waals surface area (Å²) in [6, 6.07) is 11.9. The van der Waals surface area contributed by atoms with Crippen LogP contribution in [-0.4, -0.2) is 35.4 Å². The van der Waals surface area contributed by atoms with E-state index < -0.39 is 17.7 Å². The van der Waals surface area contributed by atoms with Gasteiger partial charge in [0.15, 0.2) is 6.10 Å². The summed E-state index contributed by atoms with van der Waals surface area (Å²) in [6.07, 6.45) is 0.916. The van der Waals surface area contributed by atoms with Crippen LogP contribution in [-0.2, 0) is 20.7 Å². The van der Waals surface area contributed by atoms with Crippen molar-refractivity contribution in [3.8, 4) is 22.8 Å². The van der Waals surface area contributed by atoms with Crippen molar-refractivity contribution in [2.24, 2.45) is 0 Å². The van der Waals surface area contributed by atoms with Crippen LogP contribution in [0.25, 0.3) is 32.8 Å². The molecule has 6 nitrogen and oxygen atoms in total. The molecular weight excluding hydrogens is 478 g/mol. The number of rotatable bonds is 4. The lowest BCUT2D eigenvalue weighted by Crippen LogP contribution is -2.29. The molecule has 0 bridgehead atoms. The van der Waals surface area contributed by atoms with E-state index in [1.54, 1.807) is 0 Å². The van der Waals surface area contributed by atoms with E-state index in [-0.39, 0.29) is 5.88 Å². The second kappa shape index (κ2) is 9.59. The topological polar surface area (TPSA) is 77.9 Å². The standard InChI is InChI=1S/C32H35NO5/c1-17-20-13-10-16-37-24(20)15-14-21(17)25-18(2)26-22-11-8-9-12-23(22)30(34)33-28(26)19(3)27(25)29(31(35)36-7)38-32(4,5)6/h8-9,11-12,14-15,29H,10,13,16H2,1-7H3,(H,33,34)/t29-/m0/s1. The van der Waals surface area contributed by atoms with Crippen molar-refractivity contribution >= 4 is 27.6 Å². The number of esters is 1. The van der Waals surface area contributed by atoms with Crippen LogP contribution in [0.5, 0.6) is 11.6 Å². The maximum atomic E-state index is 13.3. The van der Waals surface area contributed by atoms with Gasteiger partial charge in [-0.2, -0.15) is 0 Å². The molecular formula is C32H35NO5. The first-order chi connectivity index (χ1) is 18.0. The van der Waals surface area contributed by atoms with Crippen LogP contribution in [0.1, 0.15) is 61.1 Å². The van der Waals surface area contributed by atoms with E-state index in [0.29, 0.717) is 16.5 Å². The number of carbonyl (C=O) groups excluding carboxylic acids is 1. The van der Waals surface area contributed by atoms with Crippen LogP contribution >= 0.6 is 0 Å². The van der Waals surface area contributed by atoms with Crippen molar-refractivity contribution in [2.45, 2.75) is 66.1 Å². The number of hydrogen-bond donors (Lipinski definition) is 1. The zero-order chi connectivity index (χ0) is 27.4. The van der Waals surface area contributed by atoms with E-state index in [1.165, 1.54) is 12.7 Å². The van der Waals surface area contributed by atoms with Gasteiger partial charge in [-0.15, -0.1) is 0 Å². The molecule has 1 aliphatic rings. The summed E-state index contributed by atoms with van der Waals surface area (Å²) in [7, 11) is 1.38. The molecule has 1 N–H and O–H groups in total. The van der Waals surface area contributed by atoms with Crippen molar-refractivity contribution in [3.63, 3.8) is 0 Å². The number of fused-ring (bicyclic) bond motifs is 4. The minimum Gasteiger partial charge on any atom is -0.493 e. The van der Waals surface area contributed by atoms with E-state index in [2.05, 4.69) is 24.9 Å². The lowest BCUT2D eigenvalue weighted by Gasteiger charge is -2.31. The molecule has 4 aromatic rings. The molecule has 0 unspecified atom stereocenters. The Morgan fingerprint density at radius 1 is 1.03 bits per heavy atom. The quantitative estimate of drug-likeness (QED) is 0.233. The molecule has 0 amide bonds. The number of carbonyl (C=O) groups is 1. The number of pyridine rings is 1. The van der Waals surface area contributed by atoms with Gasteiger partial charge in [0.1, 0.15) is 5.75 Å². The summed E-state index contributed by atoms with van der Waals surface area (Å²) in [5, 5.41) is 13.4. The van der Waals surface area contributed by atoms with Gasteiger partial charge in [0.2, 0.25) is 5.88 Å². The molecule has 1 aliphatic heterocycles. The van der Waals surface area contributed by atoms with Crippen LogP contribution in [0.3, 0.4) is 0 Å². The number of methoxy groups -OCH3 is 1. The molecule has 3 aromatic carbocycles. The van der Waals surface area contributed by atoms with E-state index >= 15 is 0 Å². The maximum absolute atomic E-state index is 13.3. The van der Waals surface area contributed by atoms with Crippen LogP contribution in [0, 0.1) is 20.8 Å². The highest BCUT2D eigenvalue weighted by molar-refractivity contribution is 6.13. The zero-order valence-corrected chi connectivity index (χ0v) is 23.2. The van der Waals surface area contributed by atoms with Gasteiger partial charge < -0.3 is 19.3 Å². The Morgan fingerprint density at radius 2 is 1.74 bits per heavy atom. The molecule has 0 spiro atoms. The number of ether oxygens (including phenoxy) is 3. The first kappa shape index (κ1) is 26.0. The van der Waals surface area contributed by atoms with Gasteiger partial charge in [0, 0.05) is 16.3 Å². The molecule has 1 atom stereocenters. The fourth-order valence-electron chi connectivity index (χ4n) is 5.78. The maximum Gasteiger partial charge on any atom is 0.339 e. The Kier molecular flexibility index (Phi) is 6.56. The molecule has 2 heterocycles. The summed E-state index contributed by atoms with van der Waals surface area (Å²) >= 11 is 0. The van der Waals surface area contributed by atoms with Crippen LogP contribution in [0.15, 0.2) is 36.4 Å². The number of nitrogens with zero attached hydrogens (tertiary/aromatic N) is 1. The Bertz CT molecular complexity index is 1580. The summed E-state index contributed by atoms with van der Waals surface area (Å²) in [5.41, 5.74) is 6.74. The van der Waals surface area contributed by atoms with Crippen LogP contribution < -0.4 is 4.74 Å². The van der Waals surface area contributed by atoms with Crippen molar-refractivity contribution in [1.29, 1.82) is 0 Å². The third kappa shape index (κ3) is 4.27. The summed E-state index contributed by atoms with van der Waals surface area (Å²) < 4.78 is 17.6. The molecule has 0 aliphatic carbocycles. The zero-order valence-electron chi connectivity index (χ0n) is 23.2. The first-order valence-corrected chi connectivity index (χ1v) is 13.1. The molecule has 0 saturated heterocycles. The fourth-order valence-corrected chi connectivity index (χ4v) is 5.78. The average molecular weight is 514 g/mol. The Morgan fingerprint density at radius 3 is 2.42 bits per heavy atom. The number of benzene rings is 3. The van der Waals surface area contributed by atoms with E-state index in [4.69, 9.17) is 14.2 Å². The fraction of sp³-hybridized carbons (Fsp3) is 0.375. The molecule has 0 fully saturated rings. The van der Waals surface area contributed by atoms with Gasteiger partial charge in [-0.3, -0.25) is 0 Å². The van der Waals surface area contributed by atoms with E-state index in [1.807, 2.05) is 58.0 Å². The lowest BCUT2D eigenvalue weighted by molar-refractivity contribution is -0.164. The summed E-state index contributed by atoms with van der Waals surface area (Å²) in [4.78, 5) is 18.0. The minimum absolute atomic E-state index is 0.0391. The molecule has 0 saturated carbocycles. The highest BCUT2D eigenvalue weighted by Crippen LogP contribution is 2.46. The SMILES string of the molecule is COC(=O)[C@@H](OC(C)(C)C)c1c(-c2ccc3c(c2C)CCCO3)c(C)c2c(nc(O)c3ccccc32)c1C. The van der Waals surface area contributed by atoms with E-state index in [0.717, 1.165) is 63.8 Å². The molecule has 1 aromatic heterocycles. The summed E-state index contributed by atoms with van der Waals surface area (Å²) in [5.74, 6) is 0.400. The molecule has 0 radical (unpaired) electrons. The number of aromatic nitrogens is 1. The highest BCUT2D eigenvalue weighted by atomic mass is 16.6. The molecule has 198 valence electrons. The van der Waals surface area contributed by atoms with Crippen molar-refractivity contribution < 1.29 is 24.1 Å². The summed E-state index contributed by atoms with van der Waals surface area (Å²) in [6.45, 7) is 12.6. The number of hydrogen-bond acceptors (Lipinski definition) is 6. The third-order valence-electron chi connectivity index (χ3n) is 7.47. The smallest absolute Gasteiger partial charge is 0.339 e. The Labute approximate surface area is 223 Å². The second-order valence-corrected chi connectivity index (χ2v) is 11.0. The first-order valence-electron chi connectivity index (χ1n) is 13.1. The monoisotopic (exact) mass is 513 g/mol. The van der Waals surface area contributed by atoms with E-state index in [9.17, 15) is 9.90 Å². The molecule has 5 rings (SSSR count). The van der Waals surface area contributed by atoms with Gasteiger partial charge in [-0.05, 0) is 105 Å². The van der Waals surface area contributed by atoms with Crippen molar-refractivity contribution in [1.82, 2.24) is 4.98 Å². The third-order valence-corrected chi connectivity index (χ3v) is 7.47. The number of aromatic hydroxyl groups is 1. The average Bonchev–Trinajstić information content (AvgIpc) is 2.89. The van der Waals surface area contributed by atoms with Gasteiger partial charge in [0.05, 0.1) is 24.8 Å². The van der Waals surface area contributed by atoms with Gasteiger partial charge in [-0.25, -0.2) is 9.78 Å². The Hall–Kier alpha value is -3.64. The Balaban J connectivity index is 1.96. The predicted molar refractivity (Wildman–Crippen MR) is 150 cm³/mol. The predicted octanol–water partition coefficient (Wildman–Crippen LogP) is 7.04.